The number of benzene rings is 12. The minimum absolute atomic E-state index is 0.630. The van der Waals surface area contributed by atoms with Crippen LogP contribution < -0.4 is 0 Å². The van der Waals surface area contributed by atoms with Crippen LogP contribution in [0.25, 0.3) is 143 Å². The van der Waals surface area contributed by atoms with Gasteiger partial charge >= 0.3 is 0 Å². The second kappa shape index (κ2) is 15.0. The molecular formula is C65H39N5. The van der Waals surface area contributed by atoms with E-state index >= 15 is 0 Å². The van der Waals surface area contributed by atoms with E-state index in [-0.39, 0.29) is 0 Å². The van der Waals surface area contributed by atoms with Gasteiger partial charge in [0.1, 0.15) is 0 Å². The smallest absolute Gasteiger partial charge is 0.164 e. The molecule has 0 spiro atoms. The van der Waals surface area contributed by atoms with Crippen molar-refractivity contribution >= 4 is 97.5 Å². The summed E-state index contributed by atoms with van der Waals surface area (Å²) in [6, 6.07) is 85.4. The van der Waals surface area contributed by atoms with Gasteiger partial charge in [-0.05, 0) is 115 Å². The number of rotatable bonds is 5. The topological polar surface area (TPSA) is 48.5 Å². The van der Waals surface area contributed by atoms with E-state index in [1.54, 1.807) is 0 Å². The summed E-state index contributed by atoms with van der Waals surface area (Å²) in [7, 11) is 0. The standard InChI is InChI=1S/C65H39N5/c1-2-15-42(16-3-1)63-66-64(46-29-28-41-27-26-40-14-6-7-19-49(40)55(41)36-46)68-65(67-63)54-32-33-60(51-21-9-8-20-50(51)54)70-59-25-13-11-23-53(59)57-37-47-34-48(31-30-45(47)39-62(57)70)69-58-24-12-10-22-52(58)56-35-43-17-4-5-18-44(43)38-61(56)69/h1-39H. The Bertz CT molecular complexity index is 4660. The Morgan fingerprint density at radius 1 is 0.243 bits per heavy atom. The van der Waals surface area contributed by atoms with Crippen molar-refractivity contribution in [2.24, 2.45) is 0 Å². The Labute approximate surface area is 401 Å². The van der Waals surface area contributed by atoms with E-state index in [9.17, 15) is 0 Å². The Morgan fingerprint density at radius 3 is 1.51 bits per heavy atom. The van der Waals surface area contributed by atoms with Crippen molar-refractivity contribution in [3.05, 3.63) is 237 Å². The van der Waals surface area contributed by atoms with Crippen LogP contribution in [-0.2, 0) is 0 Å². The van der Waals surface area contributed by atoms with Crippen molar-refractivity contribution in [3.63, 3.8) is 0 Å². The zero-order chi connectivity index (χ0) is 45.9. The fourth-order valence-corrected chi connectivity index (χ4v) is 11.2. The highest BCUT2D eigenvalue weighted by Crippen LogP contribution is 2.41. The molecule has 0 aliphatic heterocycles. The molecule has 0 fully saturated rings. The molecule has 15 rings (SSSR count). The number of aromatic nitrogens is 5. The lowest BCUT2D eigenvalue weighted by atomic mass is 9.99. The van der Waals surface area contributed by atoms with E-state index in [1.807, 2.05) is 18.2 Å². The summed E-state index contributed by atoms with van der Waals surface area (Å²) in [5.74, 6) is 1.90. The Balaban J connectivity index is 0.908. The fourth-order valence-electron chi connectivity index (χ4n) is 11.2. The minimum Gasteiger partial charge on any atom is -0.309 e. The summed E-state index contributed by atoms with van der Waals surface area (Å²) in [5, 5.41) is 16.7. The molecule has 0 radical (unpaired) electrons. The van der Waals surface area contributed by atoms with Crippen LogP contribution in [0.15, 0.2) is 237 Å². The zero-order valence-corrected chi connectivity index (χ0v) is 37.8. The summed E-state index contributed by atoms with van der Waals surface area (Å²) in [5.41, 5.74) is 9.78. The lowest BCUT2D eigenvalue weighted by Crippen LogP contribution is -2.02. The van der Waals surface area contributed by atoms with Crippen LogP contribution >= 0.6 is 0 Å². The average molecular weight is 890 g/mol. The van der Waals surface area contributed by atoms with Gasteiger partial charge < -0.3 is 9.13 Å². The summed E-state index contributed by atoms with van der Waals surface area (Å²) < 4.78 is 4.87. The van der Waals surface area contributed by atoms with E-state index in [0.29, 0.717) is 17.5 Å². The van der Waals surface area contributed by atoms with Gasteiger partial charge in [-0.15, -0.1) is 0 Å². The van der Waals surface area contributed by atoms with E-state index in [2.05, 4.69) is 228 Å². The molecule has 0 amide bonds. The van der Waals surface area contributed by atoms with Crippen LogP contribution in [0.2, 0.25) is 0 Å². The first-order chi connectivity index (χ1) is 34.7. The Morgan fingerprint density at radius 2 is 0.757 bits per heavy atom. The minimum atomic E-state index is 0.630. The Hall–Kier alpha value is -9.45. The molecule has 3 heterocycles. The maximum absolute atomic E-state index is 5.30. The van der Waals surface area contributed by atoms with Gasteiger partial charge in [0.2, 0.25) is 0 Å². The molecule has 5 nitrogen and oxygen atoms in total. The van der Waals surface area contributed by atoms with Crippen LogP contribution in [-0.4, -0.2) is 24.1 Å². The summed E-state index contributed by atoms with van der Waals surface area (Å²) in [6.07, 6.45) is 0. The summed E-state index contributed by atoms with van der Waals surface area (Å²) >= 11 is 0. The Kier molecular flexibility index (Phi) is 8.29. The molecule has 0 N–H and O–H groups in total. The second-order valence-electron chi connectivity index (χ2n) is 18.4. The van der Waals surface area contributed by atoms with Gasteiger partial charge in [-0.25, -0.2) is 15.0 Å². The van der Waals surface area contributed by atoms with Crippen molar-refractivity contribution in [3.8, 4) is 45.5 Å². The van der Waals surface area contributed by atoms with Crippen molar-refractivity contribution in [2.75, 3.05) is 0 Å². The third kappa shape index (κ3) is 5.88. The van der Waals surface area contributed by atoms with Gasteiger partial charge in [0.25, 0.3) is 0 Å². The molecule has 0 unspecified atom stereocenters. The summed E-state index contributed by atoms with van der Waals surface area (Å²) in [6.45, 7) is 0. The fraction of sp³-hybridized carbons (Fsp3) is 0. The monoisotopic (exact) mass is 889 g/mol. The third-order valence-corrected chi connectivity index (χ3v) is 14.5. The quantitative estimate of drug-likeness (QED) is 0.162. The highest BCUT2D eigenvalue weighted by molar-refractivity contribution is 6.17. The lowest BCUT2D eigenvalue weighted by molar-refractivity contribution is 1.08. The molecule has 12 aromatic carbocycles. The normalized spacial score (nSPS) is 12.0. The zero-order valence-electron chi connectivity index (χ0n) is 37.8. The van der Waals surface area contributed by atoms with Gasteiger partial charge in [0.15, 0.2) is 17.5 Å². The highest BCUT2D eigenvalue weighted by atomic mass is 15.0. The van der Waals surface area contributed by atoms with E-state index in [4.69, 9.17) is 15.0 Å². The van der Waals surface area contributed by atoms with Crippen molar-refractivity contribution < 1.29 is 0 Å². The number of para-hydroxylation sites is 2. The van der Waals surface area contributed by atoms with Gasteiger partial charge in [0.05, 0.1) is 27.8 Å². The van der Waals surface area contributed by atoms with Crippen LogP contribution in [0.4, 0.5) is 0 Å². The van der Waals surface area contributed by atoms with Gasteiger partial charge in [-0.1, -0.05) is 170 Å². The highest BCUT2D eigenvalue weighted by Gasteiger charge is 2.21. The lowest BCUT2D eigenvalue weighted by Gasteiger charge is -2.15. The first-order valence-corrected chi connectivity index (χ1v) is 23.8. The molecule has 5 heteroatoms. The van der Waals surface area contributed by atoms with Crippen molar-refractivity contribution in [1.29, 1.82) is 0 Å². The third-order valence-electron chi connectivity index (χ3n) is 14.5. The SMILES string of the molecule is c1ccc(-c2nc(-c3ccc4ccc5ccccc5c4c3)nc(-c3ccc(-n4c5ccccc5c5cc6cc(-n7c8ccccc8c8cc9ccccc9cc87)ccc6cc54)c4ccccc34)n2)cc1. The van der Waals surface area contributed by atoms with Crippen LogP contribution in [0, 0.1) is 0 Å². The first kappa shape index (κ1) is 38.6. The molecule has 0 aliphatic carbocycles. The van der Waals surface area contributed by atoms with Gasteiger partial charge in [-0.2, -0.15) is 0 Å². The molecule has 0 saturated carbocycles. The molecule has 70 heavy (non-hydrogen) atoms. The number of fused-ring (bicyclic) bond motifs is 12. The van der Waals surface area contributed by atoms with E-state index in [0.717, 1.165) is 49.9 Å². The van der Waals surface area contributed by atoms with Crippen molar-refractivity contribution in [1.82, 2.24) is 24.1 Å². The van der Waals surface area contributed by atoms with Crippen LogP contribution in [0.1, 0.15) is 0 Å². The number of hydrogen-bond donors (Lipinski definition) is 0. The van der Waals surface area contributed by atoms with E-state index in [1.165, 1.54) is 75.7 Å². The first-order valence-electron chi connectivity index (χ1n) is 23.8. The van der Waals surface area contributed by atoms with Gasteiger partial charge in [-0.3, -0.25) is 0 Å². The maximum Gasteiger partial charge on any atom is 0.164 e. The predicted molar refractivity (Wildman–Crippen MR) is 292 cm³/mol. The van der Waals surface area contributed by atoms with Crippen molar-refractivity contribution in [2.45, 2.75) is 0 Å². The van der Waals surface area contributed by atoms with Gasteiger partial charge in [0, 0.05) is 49.3 Å². The molecule has 0 atom stereocenters. The largest absolute Gasteiger partial charge is 0.309 e. The molecule has 15 aromatic rings. The average Bonchev–Trinajstić information content (AvgIpc) is 3.92. The molecule has 0 bridgehead atoms. The molecule has 324 valence electrons. The van der Waals surface area contributed by atoms with Crippen LogP contribution in [0.5, 0.6) is 0 Å². The number of nitrogens with zero attached hydrogens (tertiary/aromatic N) is 5. The number of hydrogen-bond acceptors (Lipinski definition) is 3. The molecule has 0 saturated heterocycles. The van der Waals surface area contributed by atoms with E-state index < -0.39 is 0 Å². The maximum atomic E-state index is 5.30. The molecule has 0 aliphatic rings. The molecule has 3 aromatic heterocycles. The second-order valence-corrected chi connectivity index (χ2v) is 18.4. The molecular weight excluding hydrogens is 851 g/mol. The predicted octanol–water partition coefficient (Wildman–Crippen LogP) is 16.8. The van der Waals surface area contributed by atoms with Crippen LogP contribution in [0.3, 0.4) is 0 Å². The summed E-state index contributed by atoms with van der Waals surface area (Å²) in [4.78, 5) is 15.7.